The van der Waals surface area contributed by atoms with Crippen LogP contribution in [0.1, 0.15) is 23.2 Å². The summed E-state index contributed by atoms with van der Waals surface area (Å²) in [6, 6.07) is 9.73. The molecular formula is C20H16Cl2N4O2S. The van der Waals surface area contributed by atoms with Crippen molar-refractivity contribution < 1.29 is 9.59 Å². The highest BCUT2D eigenvalue weighted by atomic mass is 35.5. The fraction of sp³-hybridized carbons (Fsp3) is 0.200. The quantitative estimate of drug-likeness (QED) is 0.626. The molecule has 3 heterocycles. The van der Waals surface area contributed by atoms with E-state index in [0.717, 1.165) is 12.1 Å². The van der Waals surface area contributed by atoms with Gasteiger partial charge in [0, 0.05) is 23.7 Å². The lowest BCUT2D eigenvalue weighted by atomic mass is 10.1. The molecular weight excluding hydrogens is 431 g/mol. The number of amides is 2. The minimum absolute atomic E-state index is 0.241. The molecule has 6 nitrogen and oxygen atoms in total. The van der Waals surface area contributed by atoms with Gasteiger partial charge in [-0.1, -0.05) is 29.3 Å². The van der Waals surface area contributed by atoms with Crippen molar-refractivity contribution in [2.45, 2.75) is 18.9 Å². The molecule has 0 aliphatic carbocycles. The van der Waals surface area contributed by atoms with Crippen LogP contribution in [0.4, 0.5) is 5.13 Å². The molecule has 1 aliphatic heterocycles. The largest absolute Gasteiger partial charge is 0.327 e. The molecule has 1 fully saturated rings. The predicted molar refractivity (Wildman–Crippen MR) is 114 cm³/mol. The highest BCUT2D eigenvalue weighted by Crippen LogP contribution is 2.27. The Hall–Kier alpha value is -2.48. The van der Waals surface area contributed by atoms with E-state index in [1.54, 1.807) is 23.2 Å². The smallest absolute Gasteiger partial charge is 0.254 e. The number of nitrogens with zero attached hydrogens (tertiary/aromatic N) is 3. The van der Waals surface area contributed by atoms with Gasteiger partial charge in [0.05, 0.1) is 15.7 Å². The number of likely N-dealkylation sites (tertiary alicyclic amines) is 1. The summed E-state index contributed by atoms with van der Waals surface area (Å²) in [5.41, 5.74) is 1.84. The minimum Gasteiger partial charge on any atom is -0.327 e. The Morgan fingerprint density at radius 2 is 2.00 bits per heavy atom. The first kappa shape index (κ1) is 19.8. The van der Waals surface area contributed by atoms with Crippen molar-refractivity contribution >= 4 is 51.5 Å². The van der Waals surface area contributed by atoms with Crippen LogP contribution in [0.5, 0.6) is 0 Å². The molecule has 0 saturated carbocycles. The Balaban J connectivity index is 1.47. The Morgan fingerprint density at radius 3 is 2.76 bits per heavy atom. The van der Waals surface area contributed by atoms with Crippen LogP contribution in [0.2, 0.25) is 10.0 Å². The third-order valence-electron chi connectivity index (χ3n) is 4.64. The van der Waals surface area contributed by atoms with Gasteiger partial charge >= 0.3 is 0 Å². The van der Waals surface area contributed by atoms with Gasteiger partial charge in [0.2, 0.25) is 5.91 Å². The lowest BCUT2D eigenvalue weighted by molar-refractivity contribution is -0.119. The minimum atomic E-state index is -0.556. The van der Waals surface area contributed by atoms with E-state index in [-0.39, 0.29) is 11.8 Å². The highest BCUT2D eigenvalue weighted by molar-refractivity contribution is 7.14. The first-order valence-electron chi connectivity index (χ1n) is 8.97. The number of nitrogens with one attached hydrogen (secondary N) is 1. The van der Waals surface area contributed by atoms with Gasteiger partial charge in [0.25, 0.3) is 5.91 Å². The van der Waals surface area contributed by atoms with Crippen molar-refractivity contribution in [3.8, 4) is 11.4 Å². The predicted octanol–water partition coefficient (Wildman–Crippen LogP) is 4.76. The first-order valence-corrected chi connectivity index (χ1v) is 10.6. The van der Waals surface area contributed by atoms with Crippen LogP contribution in [0.15, 0.2) is 48.0 Å². The lowest BCUT2D eigenvalue weighted by Crippen LogP contribution is -2.43. The number of hydrogen-bond acceptors (Lipinski definition) is 5. The SMILES string of the molecule is O=C(Nc1nc(-c2ccccn2)cs1)C1CCCN1C(=O)c1ccc(Cl)c(Cl)c1. The summed E-state index contributed by atoms with van der Waals surface area (Å²) in [7, 11) is 0. The second-order valence-corrected chi connectivity index (χ2v) is 8.20. The van der Waals surface area contributed by atoms with Crippen LogP contribution < -0.4 is 5.32 Å². The molecule has 0 radical (unpaired) electrons. The van der Waals surface area contributed by atoms with Crippen LogP contribution in [0, 0.1) is 0 Å². The van der Waals surface area contributed by atoms with Crippen molar-refractivity contribution in [2.24, 2.45) is 0 Å². The number of benzene rings is 1. The Kier molecular flexibility index (Phi) is 5.80. The molecule has 1 N–H and O–H groups in total. The summed E-state index contributed by atoms with van der Waals surface area (Å²) in [5, 5.41) is 5.83. The van der Waals surface area contributed by atoms with E-state index < -0.39 is 6.04 Å². The maximum atomic E-state index is 12.9. The molecule has 0 spiro atoms. The number of aromatic nitrogens is 2. The molecule has 3 aromatic rings. The number of anilines is 1. The second-order valence-electron chi connectivity index (χ2n) is 6.53. The second kappa shape index (κ2) is 8.49. The van der Waals surface area contributed by atoms with Gasteiger partial charge in [-0.05, 0) is 43.2 Å². The number of carbonyl (C=O) groups excluding carboxylic acids is 2. The monoisotopic (exact) mass is 446 g/mol. The molecule has 148 valence electrons. The van der Waals surface area contributed by atoms with Crippen molar-refractivity contribution in [3.63, 3.8) is 0 Å². The van der Waals surface area contributed by atoms with Gasteiger partial charge in [-0.25, -0.2) is 4.98 Å². The molecule has 29 heavy (non-hydrogen) atoms. The van der Waals surface area contributed by atoms with E-state index in [1.807, 2.05) is 23.6 Å². The first-order chi connectivity index (χ1) is 14.0. The Morgan fingerprint density at radius 1 is 1.14 bits per heavy atom. The molecule has 1 aromatic carbocycles. The third-order valence-corrected chi connectivity index (χ3v) is 6.14. The number of hydrogen-bond donors (Lipinski definition) is 1. The van der Waals surface area contributed by atoms with Crippen molar-refractivity contribution in [3.05, 3.63) is 63.6 Å². The van der Waals surface area contributed by atoms with Crippen LogP contribution >= 0.6 is 34.5 Å². The maximum Gasteiger partial charge on any atom is 0.254 e. The van der Waals surface area contributed by atoms with E-state index in [9.17, 15) is 9.59 Å². The van der Waals surface area contributed by atoms with Crippen LogP contribution in [0.3, 0.4) is 0 Å². The molecule has 1 unspecified atom stereocenters. The standard InChI is InChI=1S/C20H16Cl2N4O2S/c21-13-7-6-12(10-14(13)22)19(28)26-9-3-5-17(26)18(27)25-20-24-16(11-29-20)15-4-1-2-8-23-15/h1-2,4,6-8,10-11,17H,3,5,9H2,(H,24,25,27). The lowest BCUT2D eigenvalue weighted by Gasteiger charge is -2.23. The van der Waals surface area contributed by atoms with E-state index in [0.29, 0.717) is 39.4 Å². The molecule has 4 rings (SSSR count). The van der Waals surface area contributed by atoms with Gasteiger partial charge in [0.1, 0.15) is 11.7 Å². The number of carbonyl (C=O) groups is 2. The average molecular weight is 447 g/mol. The van der Waals surface area contributed by atoms with Crippen LogP contribution in [0.25, 0.3) is 11.4 Å². The molecule has 1 saturated heterocycles. The fourth-order valence-electron chi connectivity index (χ4n) is 3.23. The van der Waals surface area contributed by atoms with Gasteiger partial charge in [-0.2, -0.15) is 0 Å². The molecule has 1 atom stereocenters. The normalized spacial score (nSPS) is 16.1. The zero-order valence-electron chi connectivity index (χ0n) is 15.1. The van der Waals surface area contributed by atoms with E-state index >= 15 is 0 Å². The van der Waals surface area contributed by atoms with Crippen LogP contribution in [-0.2, 0) is 4.79 Å². The maximum absolute atomic E-state index is 12.9. The molecule has 1 aliphatic rings. The summed E-state index contributed by atoms with van der Waals surface area (Å²) in [4.78, 5) is 36.0. The zero-order chi connectivity index (χ0) is 20.4. The average Bonchev–Trinajstić information content (AvgIpc) is 3.40. The summed E-state index contributed by atoms with van der Waals surface area (Å²) in [6.07, 6.45) is 3.04. The van der Waals surface area contributed by atoms with Crippen molar-refractivity contribution in [1.29, 1.82) is 0 Å². The summed E-state index contributed by atoms with van der Waals surface area (Å²) in [5.74, 6) is -0.493. The van der Waals surface area contributed by atoms with E-state index in [1.165, 1.54) is 17.4 Å². The summed E-state index contributed by atoms with van der Waals surface area (Å²) < 4.78 is 0. The molecule has 2 aromatic heterocycles. The molecule has 9 heteroatoms. The van der Waals surface area contributed by atoms with Gasteiger partial charge in [0.15, 0.2) is 5.13 Å². The number of pyridine rings is 1. The van der Waals surface area contributed by atoms with Gasteiger partial charge < -0.3 is 10.2 Å². The number of halogens is 2. The summed E-state index contributed by atoms with van der Waals surface area (Å²) in [6.45, 7) is 0.508. The zero-order valence-corrected chi connectivity index (χ0v) is 17.5. The van der Waals surface area contributed by atoms with Gasteiger partial charge in [-0.15, -0.1) is 11.3 Å². The molecule has 0 bridgehead atoms. The van der Waals surface area contributed by atoms with E-state index in [2.05, 4.69) is 15.3 Å². The van der Waals surface area contributed by atoms with Crippen molar-refractivity contribution in [1.82, 2.24) is 14.9 Å². The third kappa shape index (κ3) is 4.27. The fourth-order valence-corrected chi connectivity index (χ4v) is 4.23. The van der Waals surface area contributed by atoms with E-state index in [4.69, 9.17) is 23.2 Å². The molecule has 2 amide bonds. The highest BCUT2D eigenvalue weighted by Gasteiger charge is 2.35. The number of thiazole rings is 1. The topological polar surface area (TPSA) is 75.2 Å². The van der Waals surface area contributed by atoms with Crippen molar-refractivity contribution in [2.75, 3.05) is 11.9 Å². The Labute approximate surface area is 181 Å². The van der Waals surface area contributed by atoms with Gasteiger partial charge in [-0.3, -0.25) is 14.6 Å². The Bertz CT molecular complexity index is 1060. The summed E-state index contributed by atoms with van der Waals surface area (Å²) >= 11 is 13.3. The van der Waals surface area contributed by atoms with Crippen LogP contribution in [-0.4, -0.2) is 39.3 Å². The number of rotatable bonds is 4.